The first-order chi connectivity index (χ1) is 12.9. The molecule has 1 saturated carbocycles. The minimum Gasteiger partial charge on any atom is -0.386 e. The highest BCUT2D eigenvalue weighted by atomic mass is 16.6. The van der Waals surface area contributed by atoms with Gasteiger partial charge in [0, 0.05) is 18.8 Å². The fraction of sp³-hybridized carbons (Fsp3) is 0.450. The first-order valence-electron chi connectivity index (χ1n) is 9.19. The van der Waals surface area contributed by atoms with E-state index >= 15 is 0 Å². The molecular weight excluding hydrogens is 346 g/mol. The van der Waals surface area contributed by atoms with Gasteiger partial charge in [-0.1, -0.05) is 30.3 Å². The van der Waals surface area contributed by atoms with Crippen molar-refractivity contribution < 1.29 is 14.8 Å². The maximum atomic E-state index is 11.4. The van der Waals surface area contributed by atoms with Gasteiger partial charge in [0.25, 0.3) is 5.69 Å². The van der Waals surface area contributed by atoms with E-state index < -0.39 is 22.2 Å². The smallest absolute Gasteiger partial charge is 0.293 e. The van der Waals surface area contributed by atoms with E-state index in [-0.39, 0.29) is 11.7 Å². The van der Waals surface area contributed by atoms with Crippen LogP contribution in [0.1, 0.15) is 43.4 Å². The molecule has 0 amide bonds. The lowest BCUT2D eigenvalue weighted by molar-refractivity contribution is -0.387. The molecule has 1 aromatic heterocycles. The highest BCUT2D eigenvalue weighted by Gasteiger charge is 2.64. The maximum Gasteiger partial charge on any atom is 0.293 e. The van der Waals surface area contributed by atoms with Gasteiger partial charge in [-0.25, -0.2) is 0 Å². The van der Waals surface area contributed by atoms with Crippen LogP contribution >= 0.6 is 0 Å². The first kappa shape index (κ1) is 18.0. The Morgan fingerprint density at radius 3 is 2.74 bits per heavy atom. The van der Waals surface area contributed by atoms with Gasteiger partial charge in [-0.15, -0.1) is 0 Å². The average Bonchev–Trinajstić information content (AvgIpc) is 3.45. The molecule has 27 heavy (non-hydrogen) atoms. The molecule has 142 valence electrons. The molecule has 2 aromatic rings. The Balaban J connectivity index is 1.60. The second-order valence-electron chi connectivity index (χ2n) is 7.59. The van der Waals surface area contributed by atoms with Crippen LogP contribution in [0.15, 0.2) is 48.8 Å². The van der Waals surface area contributed by atoms with Crippen LogP contribution in [0.5, 0.6) is 0 Å². The third-order valence-electron chi connectivity index (χ3n) is 5.89. The molecule has 1 aliphatic carbocycles. The van der Waals surface area contributed by atoms with Gasteiger partial charge in [0.15, 0.2) is 0 Å². The Bertz CT molecular complexity index is 836. The molecule has 0 bridgehead atoms. The fourth-order valence-electron chi connectivity index (χ4n) is 4.07. The van der Waals surface area contributed by atoms with Gasteiger partial charge in [-0.3, -0.25) is 15.1 Å². The minimum absolute atomic E-state index is 0.0401. The number of nitro groups is 1. The Morgan fingerprint density at radius 1 is 1.33 bits per heavy atom. The molecule has 2 heterocycles. The summed E-state index contributed by atoms with van der Waals surface area (Å²) >= 11 is 0. The summed E-state index contributed by atoms with van der Waals surface area (Å²) in [6.45, 7) is 2.42. The number of nitrogens with zero attached hydrogens (tertiary/aromatic N) is 2. The fourth-order valence-corrected chi connectivity index (χ4v) is 4.07. The summed E-state index contributed by atoms with van der Waals surface area (Å²) in [5.74, 6) is 0. The molecule has 4 rings (SSSR count). The van der Waals surface area contributed by atoms with E-state index in [2.05, 4.69) is 10.3 Å². The van der Waals surface area contributed by atoms with Gasteiger partial charge < -0.3 is 15.2 Å². The molecule has 2 fully saturated rings. The molecule has 3 atom stereocenters. The Labute approximate surface area is 157 Å². The van der Waals surface area contributed by atoms with Crippen LogP contribution in [0.2, 0.25) is 0 Å². The van der Waals surface area contributed by atoms with Crippen molar-refractivity contribution in [1.82, 2.24) is 10.3 Å². The molecule has 7 nitrogen and oxygen atoms in total. The van der Waals surface area contributed by atoms with Crippen molar-refractivity contribution in [3.05, 3.63) is 70.0 Å². The van der Waals surface area contributed by atoms with Crippen molar-refractivity contribution in [2.45, 2.75) is 56.1 Å². The third-order valence-corrected chi connectivity index (χ3v) is 5.89. The summed E-state index contributed by atoms with van der Waals surface area (Å²) in [6, 6.07) is 11.4. The maximum absolute atomic E-state index is 11.4. The lowest BCUT2D eigenvalue weighted by atomic mass is 9.80. The van der Waals surface area contributed by atoms with Gasteiger partial charge in [-0.2, -0.15) is 0 Å². The number of benzene rings is 1. The van der Waals surface area contributed by atoms with E-state index in [0.717, 1.165) is 18.4 Å². The quantitative estimate of drug-likeness (QED) is 0.621. The number of ether oxygens (including phenoxy) is 1. The van der Waals surface area contributed by atoms with Crippen LogP contribution in [0.3, 0.4) is 0 Å². The van der Waals surface area contributed by atoms with E-state index in [1.807, 2.05) is 30.3 Å². The number of rotatable bonds is 5. The normalized spacial score (nSPS) is 28.8. The first-order valence-corrected chi connectivity index (χ1v) is 9.19. The zero-order valence-corrected chi connectivity index (χ0v) is 15.2. The zero-order valence-electron chi connectivity index (χ0n) is 15.2. The number of aliphatic hydroxyl groups is 1. The van der Waals surface area contributed by atoms with Crippen LogP contribution in [-0.4, -0.2) is 32.3 Å². The molecule has 0 radical (unpaired) electrons. The topological polar surface area (TPSA) is 97.5 Å². The SMILES string of the molecule is C[C@]1(O)C(NCc2ccccc2)C[C@H](c2ccncc2[N+](=O)[O-])OC12CC2. The van der Waals surface area contributed by atoms with Crippen molar-refractivity contribution in [3.63, 3.8) is 0 Å². The molecule has 2 N–H and O–H groups in total. The molecule has 7 heteroatoms. The van der Waals surface area contributed by atoms with Crippen molar-refractivity contribution >= 4 is 5.69 Å². The van der Waals surface area contributed by atoms with Crippen LogP contribution in [0.4, 0.5) is 5.69 Å². The predicted molar refractivity (Wildman–Crippen MR) is 99.0 cm³/mol. The standard InChI is InChI=1S/C20H23N3O4/c1-19(24)18(22-12-14-5-3-2-4-6-14)11-17(27-20(19)8-9-20)15-7-10-21-13-16(15)23(25)26/h2-7,10,13,17-18,22,24H,8-9,11-12H2,1H3/t17-,18?,19+/m1/s1. The Hall–Kier alpha value is -2.35. The highest BCUT2D eigenvalue weighted by Crippen LogP contribution is 2.57. The van der Waals surface area contributed by atoms with Crippen molar-refractivity contribution in [3.8, 4) is 0 Å². The van der Waals surface area contributed by atoms with Crippen molar-refractivity contribution in [2.75, 3.05) is 0 Å². The van der Waals surface area contributed by atoms with Crippen molar-refractivity contribution in [2.24, 2.45) is 0 Å². The van der Waals surface area contributed by atoms with Gasteiger partial charge >= 0.3 is 0 Å². The number of pyridine rings is 1. The average molecular weight is 369 g/mol. The number of aromatic nitrogens is 1. The zero-order chi connectivity index (χ0) is 19.1. The largest absolute Gasteiger partial charge is 0.386 e. The Morgan fingerprint density at radius 2 is 2.07 bits per heavy atom. The lowest BCUT2D eigenvalue weighted by Gasteiger charge is -2.47. The van der Waals surface area contributed by atoms with E-state index in [1.54, 1.807) is 19.2 Å². The highest BCUT2D eigenvalue weighted by molar-refractivity contribution is 5.40. The summed E-state index contributed by atoms with van der Waals surface area (Å²) in [6.07, 6.45) is 4.30. The molecule has 1 saturated heterocycles. The van der Waals surface area contributed by atoms with Crippen LogP contribution in [0.25, 0.3) is 0 Å². The minimum atomic E-state index is -1.04. The molecule has 1 unspecified atom stereocenters. The molecule has 1 spiro atoms. The summed E-state index contributed by atoms with van der Waals surface area (Å²) < 4.78 is 6.24. The lowest BCUT2D eigenvalue weighted by Crippen LogP contribution is -2.62. The number of hydrogen-bond acceptors (Lipinski definition) is 6. The second-order valence-corrected chi connectivity index (χ2v) is 7.59. The molecule has 1 aromatic carbocycles. The van der Waals surface area contributed by atoms with Gasteiger partial charge in [0.1, 0.15) is 11.8 Å². The molecule has 2 aliphatic rings. The van der Waals surface area contributed by atoms with Crippen LogP contribution < -0.4 is 5.32 Å². The summed E-state index contributed by atoms with van der Waals surface area (Å²) in [5, 5.41) is 26.1. The summed E-state index contributed by atoms with van der Waals surface area (Å²) in [5.41, 5.74) is -0.0948. The number of nitrogens with one attached hydrogen (secondary N) is 1. The third kappa shape index (κ3) is 3.22. The van der Waals surface area contributed by atoms with Gasteiger partial charge in [0.2, 0.25) is 0 Å². The van der Waals surface area contributed by atoms with Crippen molar-refractivity contribution in [1.29, 1.82) is 0 Å². The Kier molecular flexibility index (Phi) is 4.46. The van der Waals surface area contributed by atoms with Crippen LogP contribution in [0, 0.1) is 10.1 Å². The second kappa shape index (κ2) is 6.67. The molecule has 1 aliphatic heterocycles. The van der Waals surface area contributed by atoms with Crippen LogP contribution in [-0.2, 0) is 11.3 Å². The van der Waals surface area contributed by atoms with Gasteiger partial charge in [-0.05, 0) is 37.8 Å². The molecular formula is C20H23N3O4. The predicted octanol–water partition coefficient (Wildman–Crippen LogP) is 2.89. The monoisotopic (exact) mass is 369 g/mol. The van der Waals surface area contributed by atoms with E-state index in [0.29, 0.717) is 18.5 Å². The summed E-state index contributed by atoms with van der Waals surface area (Å²) in [7, 11) is 0. The van der Waals surface area contributed by atoms with E-state index in [9.17, 15) is 15.2 Å². The summed E-state index contributed by atoms with van der Waals surface area (Å²) in [4.78, 5) is 14.9. The van der Waals surface area contributed by atoms with E-state index in [1.165, 1.54) is 6.20 Å². The number of hydrogen-bond donors (Lipinski definition) is 2. The van der Waals surface area contributed by atoms with E-state index in [4.69, 9.17) is 4.74 Å². The van der Waals surface area contributed by atoms with Gasteiger partial charge in [0.05, 0.1) is 22.2 Å².